The fourth-order valence-electron chi connectivity index (χ4n) is 2.96. The third kappa shape index (κ3) is 4.45. The van der Waals surface area contributed by atoms with E-state index >= 15 is 0 Å². The lowest BCUT2D eigenvalue weighted by Crippen LogP contribution is -2.40. The summed E-state index contributed by atoms with van der Waals surface area (Å²) < 4.78 is 5.43. The third-order valence-electron chi connectivity index (χ3n) is 4.01. The number of amides is 1. The molecule has 1 aliphatic carbocycles. The van der Waals surface area contributed by atoms with Gasteiger partial charge in [0.15, 0.2) is 0 Å². The Balaban J connectivity index is 1.58. The SMILES string of the molecule is O=C(CN(Cc1ccco1)Cc1cccs1)NC1CCCC1. The van der Waals surface area contributed by atoms with Gasteiger partial charge in [-0.2, -0.15) is 0 Å². The highest BCUT2D eigenvalue weighted by atomic mass is 32.1. The predicted molar refractivity (Wildman–Crippen MR) is 87.5 cm³/mol. The first-order valence-electron chi connectivity index (χ1n) is 7.86. The molecule has 0 aliphatic heterocycles. The number of rotatable bonds is 7. The summed E-state index contributed by atoms with van der Waals surface area (Å²) in [6, 6.07) is 8.37. The Morgan fingerprint density at radius 2 is 2.14 bits per heavy atom. The molecule has 22 heavy (non-hydrogen) atoms. The summed E-state index contributed by atoms with van der Waals surface area (Å²) in [5.74, 6) is 1.01. The van der Waals surface area contributed by atoms with Crippen molar-refractivity contribution in [2.75, 3.05) is 6.54 Å². The average molecular weight is 318 g/mol. The maximum Gasteiger partial charge on any atom is 0.234 e. The predicted octanol–water partition coefficient (Wildman–Crippen LogP) is 3.40. The highest BCUT2D eigenvalue weighted by molar-refractivity contribution is 7.09. The van der Waals surface area contributed by atoms with E-state index < -0.39 is 0 Å². The third-order valence-corrected chi connectivity index (χ3v) is 4.87. The van der Waals surface area contributed by atoms with Crippen LogP contribution < -0.4 is 5.32 Å². The summed E-state index contributed by atoms with van der Waals surface area (Å²) in [4.78, 5) is 15.7. The number of hydrogen-bond donors (Lipinski definition) is 1. The van der Waals surface area contributed by atoms with Crippen molar-refractivity contribution in [3.63, 3.8) is 0 Å². The van der Waals surface area contributed by atoms with Crippen LogP contribution in [-0.4, -0.2) is 23.4 Å². The van der Waals surface area contributed by atoms with E-state index in [9.17, 15) is 4.79 Å². The van der Waals surface area contributed by atoms with Crippen LogP contribution in [0.25, 0.3) is 0 Å². The number of hydrogen-bond acceptors (Lipinski definition) is 4. The van der Waals surface area contributed by atoms with Gasteiger partial charge in [-0.1, -0.05) is 18.9 Å². The van der Waals surface area contributed by atoms with Crippen molar-refractivity contribution in [2.45, 2.75) is 44.8 Å². The minimum absolute atomic E-state index is 0.120. The molecule has 3 rings (SSSR count). The summed E-state index contributed by atoms with van der Waals surface area (Å²) in [5.41, 5.74) is 0. The molecule has 4 nitrogen and oxygen atoms in total. The molecule has 5 heteroatoms. The van der Waals surface area contributed by atoms with Gasteiger partial charge in [-0.25, -0.2) is 0 Å². The smallest absolute Gasteiger partial charge is 0.234 e. The van der Waals surface area contributed by atoms with Crippen LogP contribution in [0.1, 0.15) is 36.3 Å². The normalized spacial score (nSPS) is 15.5. The molecule has 0 bridgehead atoms. The van der Waals surface area contributed by atoms with E-state index in [0.717, 1.165) is 25.1 Å². The number of furan rings is 1. The highest BCUT2D eigenvalue weighted by Gasteiger charge is 2.19. The molecule has 1 amide bonds. The zero-order valence-corrected chi connectivity index (χ0v) is 13.5. The van der Waals surface area contributed by atoms with Crippen LogP contribution >= 0.6 is 11.3 Å². The second-order valence-corrected chi connectivity index (χ2v) is 6.89. The topological polar surface area (TPSA) is 45.5 Å². The molecule has 1 saturated carbocycles. The zero-order chi connectivity index (χ0) is 15.2. The molecule has 118 valence electrons. The van der Waals surface area contributed by atoms with Crippen molar-refractivity contribution >= 4 is 17.2 Å². The second kappa shape index (κ2) is 7.61. The van der Waals surface area contributed by atoms with Crippen LogP contribution in [0.2, 0.25) is 0 Å². The molecule has 2 heterocycles. The van der Waals surface area contributed by atoms with Gasteiger partial charge < -0.3 is 9.73 Å². The van der Waals surface area contributed by atoms with Crippen LogP contribution in [-0.2, 0) is 17.9 Å². The van der Waals surface area contributed by atoms with Crippen molar-refractivity contribution in [1.29, 1.82) is 0 Å². The Hall–Kier alpha value is -1.59. The first-order valence-corrected chi connectivity index (χ1v) is 8.74. The number of nitrogens with zero attached hydrogens (tertiary/aromatic N) is 1. The summed E-state index contributed by atoms with van der Waals surface area (Å²) in [6.45, 7) is 1.84. The number of carbonyl (C=O) groups excluding carboxylic acids is 1. The zero-order valence-electron chi connectivity index (χ0n) is 12.7. The summed E-state index contributed by atoms with van der Waals surface area (Å²) in [5, 5.41) is 5.23. The summed E-state index contributed by atoms with van der Waals surface area (Å²) in [6.07, 6.45) is 6.38. The van der Waals surface area contributed by atoms with E-state index in [1.807, 2.05) is 18.2 Å². The largest absolute Gasteiger partial charge is 0.468 e. The maximum atomic E-state index is 12.3. The lowest BCUT2D eigenvalue weighted by Gasteiger charge is -2.21. The van der Waals surface area contributed by atoms with Crippen LogP contribution in [0.4, 0.5) is 0 Å². The monoisotopic (exact) mass is 318 g/mol. The quantitative estimate of drug-likeness (QED) is 0.851. The molecule has 0 atom stereocenters. The first kappa shape index (κ1) is 15.3. The Morgan fingerprint density at radius 3 is 2.82 bits per heavy atom. The lowest BCUT2D eigenvalue weighted by atomic mass is 10.2. The number of carbonyl (C=O) groups is 1. The van der Waals surface area contributed by atoms with E-state index in [1.165, 1.54) is 17.7 Å². The van der Waals surface area contributed by atoms with Crippen LogP contribution in [0.5, 0.6) is 0 Å². The molecule has 0 unspecified atom stereocenters. The van der Waals surface area contributed by atoms with Crippen molar-refractivity contribution < 1.29 is 9.21 Å². The molecule has 1 fully saturated rings. The number of thiophene rings is 1. The van der Waals surface area contributed by atoms with Crippen molar-refractivity contribution in [3.8, 4) is 0 Å². The lowest BCUT2D eigenvalue weighted by molar-refractivity contribution is -0.123. The van der Waals surface area contributed by atoms with E-state index in [-0.39, 0.29) is 5.91 Å². The van der Waals surface area contributed by atoms with Gasteiger partial charge in [-0.05, 0) is 36.4 Å². The van der Waals surface area contributed by atoms with Gasteiger partial charge in [0.2, 0.25) is 5.91 Å². The molecule has 2 aromatic rings. The molecular weight excluding hydrogens is 296 g/mol. The minimum atomic E-state index is 0.120. The molecular formula is C17H22N2O2S. The van der Waals surface area contributed by atoms with Gasteiger partial charge in [-0.3, -0.25) is 9.69 Å². The van der Waals surface area contributed by atoms with Gasteiger partial charge in [0.05, 0.1) is 19.4 Å². The molecule has 0 radical (unpaired) electrons. The van der Waals surface area contributed by atoms with Crippen LogP contribution in [0, 0.1) is 0 Å². The Bertz CT molecular complexity index is 523. The van der Waals surface area contributed by atoms with Crippen molar-refractivity contribution in [2.24, 2.45) is 0 Å². The summed E-state index contributed by atoms with van der Waals surface area (Å²) in [7, 11) is 0. The molecule has 0 saturated heterocycles. The van der Waals surface area contributed by atoms with Gasteiger partial charge in [0.1, 0.15) is 5.76 Å². The summed E-state index contributed by atoms with van der Waals surface area (Å²) >= 11 is 1.72. The van der Waals surface area contributed by atoms with E-state index in [0.29, 0.717) is 19.1 Å². The molecule has 1 N–H and O–H groups in total. The fraction of sp³-hybridized carbons (Fsp3) is 0.471. The minimum Gasteiger partial charge on any atom is -0.468 e. The van der Waals surface area contributed by atoms with Crippen molar-refractivity contribution in [3.05, 3.63) is 46.5 Å². The second-order valence-electron chi connectivity index (χ2n) is 5.85. The van der Waals surface area contributed by atoms with E-state index in [1.54, 1.807) is 17.6 Å². The Kier molecular flexibility index (Phi) is 5.29. The molecule has 0 spiro atoms. The Morgan fingerprint density at radius 1 is 1.27 bits per heavy atom. The van der Waals surface area contributed by atoms with E-state index in [2.05, 4.69) is 21.7 Å². The maximum absolute atomic E-state index is 12.3. The fourth-order valence-corrected chi connectivity index (χ4v) is 3.71. The molecule has 1 aliphatic rings. The average Bonchev–Trinajstić information content (AvgIpc) is 3.20. The Labute approximate surface area is 135 Å². The highest BCUT2D eigenvalue weighted by Crippen LogP contribution is 2.18. The standard InChI is InChI=1S/C17H22N2O2S/c20-17(18-14-5-1-2-6-14)13-19(11-15-7-3-9-21-15)12-16-8-4-10-22-16/h3-4,7-10,14H,1-2,5-6,11-13H2,(H,18,20). The van der Waals surface area contributed by atoms with Gasteiger partial charge >= 0.3 is 0 Å². The van der Waals surface area contributed by atoms with Crippen LogP contribution in [0.3, 0.4) is 0 Å². The van der Waals surface area contributed by atoms with Gasteiger partial charge in [-0.15, -0.1) is 11.3 Å². The van der Waals surface area contributed by atoms with Gasteiger partial charge in [0.25, 0.3) is 0 Å². The van der Waals surface area contributed by atoms with Crippen LogP contribution in [0.15, 0.2) is 40.3 Å². The molecule has 0 aromatic carbocycles. The van der Waals surface area contributed by atoms with E-state index in [4.69, 9.17) is 4.42 Å². The van der Waals surface area contributed by atoms with Crippen molar-refractivity contribution in [1.82, 2.24) is 10.2 Å². The first-order chi connectivity index (χ1) is 10.8. The molecule has 2 aromatic heterocycles. The number of nitrogens with one attached hydrogen (secondary N) is 1. The van der Waals surface area contributed by atoms with Gasteiger partial charge in [0, 0.05) is 17.5 Å².